The summed E-state index contributed by atoms with van der Waals surface area (Å²) < 4.78 is 0. The average molecular weight is 282 g/mol. The zero-order chi connectivity index (χ0) is 14.7. The third-order valence-corrected chi connectivity index (χ3v) is 3.85. The van der Waals surface area contributed by atoms with Gasteiger partial charge in [-0.25, -0.2) is 4.98 Å². The number of nitrogens with zero attached hydrogens (tertiary/aromatic N) is 3. The molecule has 0 amide bonds. The molecular formula is C17H22N4. The van der Waals surface area contributed by atoms with E-state index in [0.717, 1.165) is 31.9 Å². The molecule has 0 fully saturated rings. The van der Waals surface area contributed by atoms with E-state index in [-0.39, 0.29) is 0 Å². The maximum absolute atomic E-state index is 4.39. The normalized spacial score (nSPS) is 14.0. The van der Waals surface area contributed by atoms with Crippen molar-refractivity contribution < 1.29 is 0 Å². The lowest BCUT2D eigenvalue weighted by Gasteiger charge is -2.37. The van der Waals surface area contributed by atoms with Crippen LogP contribution in [0.1, 0.15) is 13.3 Å². The van der Waals surface area contributed by atoms with Crippen molar-refractivity contribution in [3.8, 4) is 0 Å². The lowest BCUT2D eigenvalue weighted by molar-refractivity contribution is 0.821. The van der Waals surface area contributed by atoms with E-state index in [1.54, 1.807) is 0 Å². The number of pyridine rings is 1. The van der Waals surface area contributed by atoms with Crippen molar-refractivity contribution in [3.05, 3.63) is 42.6 Å². The molecule has 0 saturated heterocycles. The van der Waals surface area contributed by atoms with Crippen LogP contribution in [0.2, 0.25) is 0 Å². The predicted molar refractivity (Wildman–Crippen MR) is 89.7 cm³/mol. The van der Waals surface area contributed by atoms with Gasteiger partial charge in [-0.2, -0.15) is 0 Å². The molecule has 110 valence electrons. The average Bonchev–Trinajstić information content (AvgIpc) is 2.54. The van der Waals surface area contributed by atoms with Crippen molar-refractivity contribution in [2.45, 2.75) is 13.3 Å². The van der Waals surface area contributed by atoms with Gasteiger partial charge < -0.3 is 15.1 Å². The minimum absolute atomic E-state index is 0.950. The van der Waals surface area contributed by atoms with Crippen molar-refractivity contribution in [3.63, 3.8) is 0 Å². The summed E-state index contributed by atoms with van der Waals surface area (Å²) in [7, 11) is 2.15. The maximum atomic E-state index is 4.39. The first kappa shape index (κ1) is 13.7. The standard InChI is InChI=1S/C17H22N4/c1-3-9-18-17-13-14(8-10-19-17)21-12-11-20(2)15-6-4-5-7-16(15)21/h4-8,10,13H,3,9,11-12H2,1-2H3,(H,18,19). The van der Waals surface area contributed by atoms with Gasteiger partial charge in [0, 0.05) is 44.6 Å². The summed E-state index contributed by atoms with van der Waals surface area (Å²) in [6.07, 6.45) is 2.98. The highest BCUT2D eigenvalue weighted by molar-refractivity contribution is 5.79. The lowest BCUT2D eigenvalue weighted by Crippen LogP contribution is -2.36. The van der Waals surface area contributed by atoms with Crippen molar-refractivity contribution in [1.29, 1.82) is 0 Å². The maximum Gasteiger partial charge on any atom is 0.127 e. The van der Waals surface area contributed by atoms with Gasteiger partial charge in [-0.15, -0.1) is 0 Å². The fraction of sp³-hybridized carbons (Fsp3) is 0.353. The molecule has 1 aliphatic rings. The molecule has 0 saturated carbocycles. The summed E-state index contributed by atoms with van der Waals surface area (Å²) in [5, 5.41) is 3.36. The van der Waals surface area contributed by atoms with Crippen LogP contribution in [0.3, 0.4) is 0 Å². The zero-order valence-corrected chi connectivity index (χ0v) is 12.7. The van der Waals surface area contributed by atoms with Gasteiger partial charge in [0.05, 0.1) is 11.4 Å². The van der Waals surface area contributed by atoms with Crippen LogP contribution >= 0.6 is 0 Å². The molecule has 3 rings (SSSR count). The lowest BCUT2D eigenvalue weighted by atomic mass is 10.1. The topological polar surface area (TPSA) is 31.4 Å². The Morgan fingerprint density at radius 3 is 2.76 bits per heavy atom. The van der Waals surface area contributed by atoms with Crippen molar-refractivity contribution in [1.82, 2.24) is 4.98 Å². The van der Waals surface area contributed by atoms with Gasteiger partial charge in [0.1, 0.15) is 5.82 Å². The van der Waals surface area contributed by atoms with Gasteiger partial charge in [-0.1, -0.05) is 19.1 Å². The van der Waals surface area contributed by atoms with E-state index in [9.17, 15) is 0 Å². The Morgan fingerprint density at radius 1 is 1.14 bits per heavy atom. The summed E-state index contributed by atoms with van der Waals surface area (Å²) in [6, 6.07) is 12.8. The second kappa shape index (κ2) is 6.04. The molecule has 2 heterocycles. The first-order valence-corrected chi connectivity index (χ1v) is 7.57. The van der Waals surface area contributed by atoms with Crippen LogP contribution in [0.5, 0.6) is 0 Å². The van der Waals surface area contributed by atoms with E-state index in [1.165, 1.54) is 17.1 Å². The Labute approximate surface area is 126 Å². The van der Waals surface area contributed by atoms with E-state index < -0.39 is 0 Å². The van der Waals surface area contributed by atoms with Gasteiger partial charge in [0.2, 0.25) is 0 Å². The highest BCUT2D eigenvalue weighted by atomic mass is 15.3. The molecule has 1 aromatic heterocycles. The summed E-state index contributed by atoms with van der Waals surface area (Å²) in [5.74, 6) is 0.950. The molecule has 0 bridgehead atoms. The molecule has 0 radical (unpaired) electrons. The first-order chi connectivity index (χ1) is 10.3. The molecule has 1 aliphatic heterocycles. The predicted octanol–water partition coefficient (Wildman–Crippen LogP) is 3.49. The second-order valence-corrected chi connectivity index (χ2v) is 5.39. The highest BCUT2D eigenvalue weighted by Gasteiger charge is 2.21. The van der Waals surface area contributed by atoms with Gasteiger partial charge in [-0.05, 0) is 24.6 Å². The van der Waals surface area contributed by atoms with Crippen LogP contribution in [0.15, 0.2) is 42.6 Å². The summed E-state index contributed by atoms with van der Waals surface area (Å²) >= 11 is 0. The van der Waals surface area contributed by atoms with Crippen molar-refractivity contribution in [2.24, 2.45) is 0 Å². The molecular weight excluding hydrogens is 260 g/mol. The number of fused-ring (bicyclic) bond motifs is 1. The number of hydrogen-bond donors (Lipinski definition) is 1. The Kier molecular flexibility index (Phi) is 3.95. The van der Waals surface area contributed by atoms with Crippen LogP contribution < -0.4 is 15.1 Å². The molecule has 0 atom stereocenters. The molecule has 1 N–H and O–H groups in total. The molecule has 1 aromatic carbocycles. The molecule has 2 aromatic rings. The molecule has 0 unspecified atom stereocenters. The number of benzene rings is 1. The minimum atomic E-state index is 0.950. The SMILES string of the molecule is CCCNc1cc(N2CCN(C)c3ccccc32)ccn1. The number of nitrogens with one attached hydrogen (secondary N) is 1. The van der Waals surface area contributed by atoms with E-state index in [0.29, 0.717) is 0 Å². The number of aromatic nitrogens is 1. The van der Waals surface area contributed by atoms with Gasteiger partial charge in [-0.3, -0.25) is 0 Å². The summed E-state index contributed by atoms with van der Waals surface area (Å²) in [4.78, 5) is 9.07. The van der Waals surface area contributed by atoms with Crippen molar-refractivity contribution >= 4 is 22.9 Å². The monoisotopic (exact) mass is 282 g/mol. The van der Waals surface area contributed by atoms with Crippen LogP contribution in [-0.4, -0.2) is 31.7 Å². The largest absolute Gasteiger partial charge is 0.371 e. The minimum Gasteiger partial charge on any atom is -0.371 e. The number of hydrogen-bond acceptors (Lipinski definition) is 4. The van der Waals surface area contributed by atoms with E-state index in [1.807, 2.05) is 6.20 Å². The van der Waals surface area contributed by atoms with Crippen LogP contribution in [0, 0.1) is 0 Å². The Hall–Kier alpha value is -2.23. The number of likely N-dealkylation sites (N-methyl/N-ethyl adjacent to an activating group) is 1. The fourth-order valence-corrected chi connectivity index (χ4v) is 2.71. The van der Waals surface area contributed by atoms with Gasteiger partial charge in [0.15, 0.2) is 0 Å². The molecule has 0 aliphatic carbocycles. The number of anilines is 4. The van der Waals surface area contributed by atoms with Crippen molar-refractivity contribution in [2.75, 3.05) is 41.8 Å². The third-order valence-electron chi connectivity index (χ3n) is 3.85. The summed E-state index contributed by atoms with van der Waals surface area (Å²) in [6.45, 7) is 5.13. The molecule has 0 spiro atoms. The van der Waals surface area contributed by atoms with Crippen LogP contribution in [-0.2, 0) is 0 Å². The Balaban J connectivity index is 1.92. The van der Waals surface area contributed by atoms with E-state index >= 15 is 0 Å². The third kappa shape index (κ3) is 2.79. The Morgan fingerprint density at radius 2 is 1.95 bits per heavy atom. The van der Waals surface area contributed by atoms with Gasteiger partial charge in [0.25, 0.3) is 0 Å². The van der Waals surface area contributed by atoms with E-state index in [4.69, 9.17) is 0 Å². The number of rotatable bonds is 4. The quantitative estimate of drug-likeness (QED) is 0.930. The first-order valence-electron chi connectivity index (χ1n) is 7.57. The van der Waals surface area contributed by atoms with Gasteiger partial charge >= 0.3 is 0 Å². The summed E-state index contributed by atoms with van der Waals surface area (Å²) in [5.41, 5.74) is 3.74. The van der Waals surface area contributed by atoms with Crippen LogP contribution in [0.25, 0.3) is 0 Å². The Bertz CT molecular complexity index is 611. The smallest absolute Gasteiger partial charge is 0.127 e. The fourth-order valence-electron chi connectivity index (χ4n) is 2.71. The molecule has 4 nitrogen and oxygen atoms in total. The molecule has 4 heteroatoms. The highest BCUT2D eigenvalue weighted by Crippen LogP contribution is 2.36. The van der Waals surface area contributed by atoms with E-state index in [2.05, 4.69) is 70.5 Å². The molecule has 21 heavy (non-hydrogen) atoms. The van der Waals surface area contributed by atoms with Crippen LogP contribution in [0.4, 0.5) is 22.9 Å². The zero-order valence-electron chi connectivity index (χ0n) is 12.7. The number of para-hydroxylation sites is 2. The second-order valence-electron chi connectivity index (χ2n) is 5.39.